The minimum atomic E-state index is -2.51. The van der Waals surface area contributed by atoms with Crippen molar-refractivity contribution in [1.82, 2.24) is 10.3 Å². The quantitative estimate of drug-likeness (QED) is 0.770. The summed E-state index contributed by atoms with van der Waals surface area (Å²) in [6.07, 6.45) is -3.02. The van der Waals surface area contributed by atoms with Gasteiger partial charge in [0.05, 0.1) is 6.61 Å². The molecule has 0 bridgehead atoms. The topological polar surface area (TPSA) is 85.5 Å². The number of hydrogen-bond acceptors (Lipinski definition) is 5. The molecule has 0 saturated carbocycles. The van der Waals surface area contributed by atoms with Crippen LogP contribution in [0.3, 0.4) is 0 Å². The van der Waals surface area contributed by atoms with Crippen molar-refractivity contribution in [2.24, 2.45) is 0 Å². The average Bonchev–Trinajstić information content (AvgIpc) is 2.51. The average molecular weight is 208 g/mol. The second-order valence-corrected chi connectivity index (χ2v) is 2.25. The zero-order chi connectivity index (χ0) is 10.6. The molecule has 78 valence electrons. The second-order valence-electron chi connectivity index (χ2n) is 2.25. The Labute approximate surface area is 76.4 Å². The van der Waals surface area contributed by atoms with Gasteiger partial charge in [0.15, 0.2) is 0 Å². The van der Waals surface area contributed by atoms with E-state index in [1.807, 2.05) is 0 Å². The van der Waals surface area contributed by atoms with E-state index in [-0.39, 0.29) is 6.61 Å². The van der Waals surface area contributed by atoms with E-state index >= 15 is 0 Å². The molecule has 0 saturated heterocycles. The zero-order valence-electron chi connectivity index (χ0n) is 6.81. The first-order chi connectivity index (χ1) is 6.61. The smallest absolute Gasteiger partial charge is 0.363 e. The molecular formula is C6H6F2N2O4. The van der Waals surface area contributed by atoms with Crippen LogP contribution in [0, 0.1) is 0 Å². The van der Waals surface area contributed by atoms with Gasteiger partial charge in [-0.15, -0.1) is 0 Å². The molecule has 0 atom stereocenters. The largest absolute Gasteiger partial charge is 0.476 e. The molecule has 0 unspecified atom stereocenters. The molecule has 1 aromatic heterocycles. The highest BCUT2D eigenvalue weighted by Crippen LogP contribution is 2.12. The minimum Gasteiger partial charge on any atom is -0.476 e. The van der Waals surface area contributed by atoms with Gasteiger partial charge in [0.1, 0.15) is 0 Å². The Hall–Kier alpha value is -1.73. The van der Waals surface area contributed by atoms with Crippen LogP contribution in [0.25, 0.3) is 0 Å². The molecule has 0 aliphatic rings. The summed E-state index contributed by atoms with van der Waals surface area (Å²) in [5.74, 6) is -1.78. The van der Waals surface area contributed by atoms with E-state index in [9.17, 15) is 13.6 Å². The van der Waals surface area contributed by atoms with Crippen LogP contribution in [0.5, 0.6) is 5.88 Å². The van der Waals surface area contributed by atoms with E-state index in [2.05, 4.69) is 19.7 Å². The standard InChI is InChI=1S/C6H6F2N2O4/c7-3(8)1-2-13-5-4(6(11)12)9-14-10-5/h3H,1-2H2,(H,11,12). The first kappa shape index (κ1) is 10.4. The Kier molecular flexibility index (Phi) is 3.32. The van der Waals surface area contributed by atoms with Crippen LogP contribution in [0.2, 0.25) is 0 Å². The molecular weight excluding hydrogens is 202 g/mol. The first-order valence-electron chi connectivity index (χ1n) is 3.58. The number of carboxylic acid groups (broad SMARTS) is 1. The monoisotopic (exact) mass is 208 g/mol. The van der Waals surface area contributed by atoms with Gasteiger partial charge in [-0.05, 0) is 10.3 Å². The number of rotatable bonds is 5. The van der Waals surface area contributed by atoms with E-state index in [4.69, 9.17) is 5.11 Å². The highest BCUT2D eigenvalue weighted by Gasteiger charge is 2.18. The molecule has 8 heteroatoms. The van der Waals surface area contributed by atoms with Crippen molar-refractivity contribution in [1.29, 1.82) is 0 Å². The van der Waals surface area contributed by atoms with E-state index < -0.39 is 30.4 Å². The molecule has 0 aliphatic heterocycles. The highest BCUT2D eigenvalue weighted by atomic mass is 19.3. The molecule has 1 N–H and O–H groups in total. The Morgan fingerprint density at radius 1 is 1.57 bits per heavy atom. The summed E-state index contributed by atoms with van der Waals surface area (Å²) in [6.45, 7) is -0.341. The Morgan fingerprint density at radius 3 is 2.86 bits per heavy atom. The summed E-state index contributed by atoms with van der Waals surface area (Å²) in [5.41, 5.74) is -0.528. The lowest BCUT2D eigenvalue weighted by Gasteiger charge is -2.00. The fourth-order valence-corrected chi connectivity index (χ4v) is 0.651. The summed E-state index contributed by atoms with van der Waals surface area (Å²) < 4.78 is 32.0. The third-order valence-corrected chi connectivity index (χ3v) is 1.24. The molecule has 0 radical (unpaired) electrons. The van der Waals surface area contributed by atoms with Gasteiger partial charge in [-0.3, -0.25) is 0 Å². The summed E-state index contributed by atoms with van der Waals surface area (Å²) in [5, 5.41) is 14.6. The van der Waals surface area contributed by atoms with Crippen LogP contribution in [0.1, 0.15) is 16.9 Å². The molecule has 1 rings (SSSR count). The molecule has 0 fully saturated rings. The number of carboxylic acids is 1. The van der Waals surface area contributed by atoms with Crippen molar-refractivity contribution < 1.29 is 28.0 Å². The van der Waals surface area contributed by atoms with Gasteiger partial charge in [-0.1, -0.05) is 0 Å². The summed E-state index contributed by atoms with van der Waals surface area (Å²) in [4.78, 5) is 10.4. The number of aromatic nitrogens is 2. The molecule has 0 spiro atoms. The molecule has 0 amide bonds. The van der Waals surface area contributed by atoms with Crippen molar-refractivity contribution in [2.45, 2.75) is 12.8 Å². The number of aromatic carboxylic acids is 1. The molecule has 14 heavy (non-hydrogen) atoms. The SMILES string of the molecule is O=C(O)c1nonc1OCCC(F)F. The van der Waals surface area contributed by atoms with Gasteiger partial charge in [-0.2, -0.15) is 0 Å². The lowest BCUT2D eigenvalue weighted by molar-refractivity contribution is 0.0680. The van der Waals surface area contributed by atoms with E-state index in [1.54, 1.807) is 0 Å². The maximum atomic E-state index is 11.7. The first-order valence-corrected chi connectivity index (χ1v) is 3.58. The predicted octanol–water partition coefficient (Wildman–Crippen LogP) is 0.802. The lowest BCUT2D eigenvalue weighted by atomic mass is 10.4. The van der Waals surface area contributed by atoms with E-state index in [0.29, 0.717) is 0 Å². The fourth-order valence-electron chi connectivity index (χ4n) is 0.651. The second kappa shape index (κ2) is 4.49. The number of carbonyl (C=O) groups is 1. The summed E-state index contributed by atoms with van der Waals surface area (Å²) >= 11 is 0. The van der Waals surface area contributed by atoms with Gasteiger partial charge in [0, 0.05) is 6.42 Å². The van der Waals surface area contributed by atoms with Crippen LogP contribution in [-0.2, 0) is 0 Å². The number of nitrogens with zero attached hydrogens (tertiary/aromatic N) is 2. The third-order valence-electron chi connectivity index (χ3n) is 1.24. The van der Waals surface area contributed by atoms with E-state index in [0.717, 1.165) is 0 Å². The number of ether oxygens (including phenoxy) is 1. The lowest BCUT2D eigenvalue weighted by Crippen LogP contribution is -2.06. The van der Waals surface area contributed by atoms with Crippen LogP contribution >= 0.6 is 0 Å². The number of halogens is 2. The van der Waals surface area contributed by atoms with Gasteiger partial charge in [-0.25, -0.2) is 18.2 Å². The van der Waals surface area contributed by atoms with Crippen molar-refractivity contribution in [2.75, 3.05) is 6.61 Å². The third kappa shape index (κ3) is 2.64. The fraction of sp³-hybridized carbons (Fsp3) is 0.500. The maximum Gasteiger partial charge on any atom is 0.363 e. The summed E-state index contributed by atoms with van der Waals surface area (Å²) in [7, 11) is 0. The van der Waals surface area contributed by atoms with Gasteiger partial charge in [0.2, 0.25) is 6.43 Å². The van der Waals surface area contributed by atoms with Crippen molar-refractivity contribution in [3.05, 3.63) is 5.69 Å². The summed E-state index contributed by atoms with van der Waals surface area (Å²) in [6, 6.07) is 0. The number of alkyl halides is 2. The Morgan fingerprint density at radius 2 is 2.29 bits per heavy atom. The van der Waals surface area contributed by atoms with Crippen molar-refractivity contribution in [3.8, 4) is 5.88 Å². The molecule has 1 aromatic rings. The molecule has 6 nitrogen and oxygen atoms in total. The Balaban J connectivity index is 2.50. The number of hydrogen-bond donors (Lipinski definition) is 1. The van der Waals surface area contributed by atoms with E-state index in [1.165, 1.54) is 0 Å². The Bertz CT molecular complexity index is 315. The molecule has 1 heterocycles. The van der Waals surface area contributed by atoms with Gasteiger partial charge < -0.3 is 9.84 Å². The van der Waals surface area contributed by atoms with Crippen molar-refractivity contribution >= 4 is 5.97 Å². The normalized spacial score (nSPS) is 10.5. The molecule has 0 aromatic carbocycles. The zero-order valence-corrected chi connectivity index (χ0v) is 6.81. The van der Waals surface area contributed by atoms with Crippen molar-refractivity contribution in [3.63, 3.8) is 0 Å². The van der Waals surface area contributed by atoms with Crippen LogP contribution in [0.15, 0.2) is 4.63 Å². The molecule has 0 aliphatic carbocycles. The van der Waals surface area contributed by atoms with Gasteiger partial charge in [0.25, 0.3) is 11.6 Å². The maximum absolute atomic E-state index is 11.7. The van der Waals surface area contributed by atoms with Crippen LogP contribution in [-0.4, -0.2) is 34.4 Å². The van der Waals surface area contributed by atoms with Crippen LogP contribution < -0.4 is 4.74 Å². The predicted molar refractivity (Wildman–Crippen MR) is 37.4 cm³/mol. The minimum absolute atomic E-state index is 0.341. The van der Waals surface area contributed by atoms with Crippen LogP contribution in [0.4, 0.5) is 8.78 Å². The highest BCUT2D eigenvalue weighted by molar-refractivity contribution is 5.87. The van der Waals surface area contributed by atoms with Gasteiger partial charge >= 0.3 is 5.97 Å².